The van der Waals surface area contributed by atoms with Gasteiger partial charge in [-0.2, -0.15) is 0 Å². The quantitative estimate of drug-likeness (QED) is 0.753. The summed E-state index contributed by atoms with van der Waals surface area (Å²) in [5, 5.41) is 2.83. The molecule has 0 aliphatic heterocycles. The van der Waals surface area contributed by atoms with Crippen LogP contribution in [0.2, 0.25) is 0 Å². The van der Waals surface area contributed by atoms with Gasteiger partial charge in [-0.1, -0.05) is 19.1 Å². The molecule has 26 heavy (non-hydrogen) atoms. The molecule has 1 atom stereocenters. The minimum absolute atomic E-state index is 0.225. The van der Waals surface area contributed by atoms with Gasteiger partial charge in [0.25, 0.3) is 5.91 Å². The fourth-order valence-electron chi connectivity index (χ4n) is 2.45. The van der Waals surface area contributed by atoms with Crippen LogP contribution in [0.4, 0.5) is 5.69 Å². The Morgan fingerprint density at radius 2 is 1.73 bits per heavy atom. The highest BCUT2D eigenvalue weighted by molar-refractivity contribution is 5.95. The standard InChI is InChI=1S/C21H25NO4/c1-5-18(26-19-9-7-8-14(3)15(19)4)20(23)22-17-12-10-16(11-13-17)21(24)25-6-2/h7-13,18H,5-6H2,1-4H3,(H,22,23)/t18-/m0/s1. The number of aryl methyl sites for hydroxylation is 1. The maximum absolute atomic E-state index is 12.5. The van der Waals surface area contributed by atoms with E-state index < -0.39 is 6.10 Å². The maximum atomic E-state index is 12.5. The molecule has 5 nitrogen and oxygen atoms in total. The average Bonchev–Trinajstić information content (AvgIpc) is 2.63. The Kier molecular flexibility index (Phi) is 6.78. The van der Waals surface area contributed by atoms with Gasteiger partial charge in [0, 0.05) is 5.69 Å². The number of rotatable bonds is 7. The van der Waals surface area contributed by atoms with Crippen LogP contribution in [0.25, 0.3) is 0 Å². The molecule has 5 heteroatoms. The van der Waals surface area contributed by atoms with E-state index in [2.05, 4.69) is 5.32 Å². The van der Waals surface area contributed by atoms with Gasteiger partial charge in [0.2, 0.25) is 0 Å². The second-order valence-corrected chi connectivity index (χ2v) is 6.00. The Morgan fingerprint density at radius 1 is 1.04 bits per heavy atom. The summed E-state index contributed by atoms with van der Waals surface area (Å²) in [5.74, 6) is 0.108. The van der Waals surface area contributed by atoms with Crippen LogP contribution in [0, 0.1) is 13.8 Å². The molecule has 1 amide bonds. The fraction of sp³-hybridized carbons (Fsp3) is 0.333. The minimum atomic E-state index is -0.597. The monoisotopic (exact) mass is 355 g/mol. The summed E-state index contributed by atoms with van der Waals surface area (Å²) < 4.78 is 10.9. The van der Waals surface area contributed by atoms with Crippen molar-refractivity contribution in [2.45, 2.75) is 40.2 Å². The molecule has 0 spiro atoms. The topological polar surface area (TPSA) is 64.6 Å². The van der Waals surface area contributed by atoms with Crippen LogP contribution in [-0.4, -0.2) is 24.6 Å². The van der Waals surface area contributed by atoms with Crippen molar-refractivity contribution in [3.05, 3.63) is 59.2 Å². The van der Waals surface area contributed by atoms with Gasteiger partial charge >= 0.3 is 5.97 Å². The van der Waals surface area contributed by atoms with Gasteiger partial charge in [0.15, 0.2) is 6.10 Å². The van der Waals surface area contributed by atoms with Crippen molar-refractivity contribution < 1.29 is 19.1 Å². The number of hydrogen-bond acceptors (Lipinski definition) is 4. The molecular weight excluding hydrogens is 330 g/mol. The lowest BCUT2D eigenvalue weighted by atomic mass is 10.1. The van der Waals surface area contributed by atoms with Gasteiger partial charge in [0.1, 0.15) is 5.75 Å². The fourth-order valence-corrected chi connectivity index (χ4v) is 2.45. The molecule has 0 aliphatic carbocycles. The van der Waals surface area contributed by atoms with Crippen molar-refractivity contribution in [3.8, 4) is 5.75 Å². The third kappa shape index (κ3) is 4.85. The number of ether oxygens (including phenoxy) is 2. The molecule has 0 radical (unpaired) electrons. The molecule has 0 fully saturated rings. The highest BCUT2D eigenvalue weighted by atomic mass is 16.5. The second-order valence-electron chi connectivity index (χ2n) is 6.00. The van der Waals surface area contributed by atoms with Gasteiger partial charge < -0.3 is 14.8 Å². The largest absolute Gasteiger partial charge is 0.480 e. The molecule has 0 bridgehead atoms. The smallest absolute Gasteiger partial charge is 0.338 e. The zero-order valence-electron chi connectivity index (χ0n) is 15.7. The van der Waals surface area contributed by atoms with Crippen LogP contribution in [0.15, 0.2) is 42.5 Å². The van der Waals surface area contributed by atoms with Crippen molar-refractivity contribution >= 4 is 17.6 Å². The Bertz CT molecular complexity index is 768. The molecule has 0 heterocycles. The highest BCUT2D eigenvalue weighted by Gasteiger charge is 2.20. The summed E-state index contributed by atoms with van der Waals surface area (Å²) in [5.41, 5.74) is 3.19. The molecular formula is C21H25NO4. The Labute approximate surface area is 154 Å². The summed E-state index contributed by atoms with van der Waals surface area (Å²) in [6.45, 7) is 7.97. The average molecular weight is 355 g/mol. The highest BCUT2D eigenvalue weighted by Crippen LogP contribution is 2.23. The van der Waals surface area contributed by atoms with E-state index in [0.717, 1.165) is 11.1 Å². The summed E-state index contributed by atoms with van der Waals surface area (Å²) >= 11 is 0. The van der Waals surface area contributed by atoms with E-state index in [1.165, 1.54) is 0 Å². The normalized spacial score (nSPS) is 11.5. The second kappa shape index (κ2) is 9.04. The Morgan fingerprint density at radius 3 is 2.35 bits per heavy atom. The number of anilines is 1. The van der Waals surface area contributed by atoms with Crippen molar-refractivity contribution in [2.24, 2.45) is 0 Å². The molecule has 0 aromatic heterocycles. The summed E-state index contributed by atoms with van der Waals surface area (Å²) in [7, 11) is 0. The van der Waals surface area contributed by atoms with Crippen LogP contribution >= 0.6 is 0 Å². The lowest BCUT2D eigenvalue weighted by Crippen LogP contribution is -2.32. The van der Waals surface area contributed by atoms with Crippen molar-refractivity contribution in [2.75, 3.05) is 11.9 Å². The molecule has 2 rings (SSSR count). The van der Waals surface area contributed by atoms with Crippen molar-refractivity contribution in [1.82, 2.24) is 0 Å². The number of carbonyl (C=O) groups excluding carboxylic acids is 2. The first-order valence-corrected chi connectivity index (χ1v) is 8.77. The minimum Gasteiger partial charge on any atom is -0.480 e. The van der Waals surface area contributed by atoms with E-state index in [9.17, 15) is 9.59 Å². The van der Waals surface area contributed by atoms with E-state index in [4.69, 9.17) is 9.47 Å². The summed E-state index contributed by atoms with van der Waals surface area (Å²) in [4.78, 5) is 24.2. The lowest BCUT2D eigenvalue weighted by Gasteiger charge is -2.19. The first-order chi connectivity index (χ1) is 12.5. The lowest BCUT2D eigenvalue weighted by molar-refractivity contribution is -0.122. The molecule has 138 valence electrons. The van der Waals surface area contributed by atoms with Gasteiger partial charge in [-0.25, -0.2) is 4.79 Å². The third-order valence-electron chi connectivity index (χ3n) is 4.15. The molecule has 2 aromatic rings. The van der Waals surface area contributed by atoms with Crippen LogP contribution in [0.5, 0.6) is 5.75 Å². The number of nitrogens with one attached hydrogen (secondary N) is 1. The molecule has 0 saturated carbocycles. The number of amides is 1. The maximum Gasteiger partial charge on any atom is 0.338 e. The van der Waals surface area contributed by atoms with Crippen LogP contribution in [-0.2, 0) is 9.53 Å². The molecule has 1 N–H and O–H groups in total. The van der Waals surface area contributed by atoms with Gasteiger partial charge in [-0.15, -0.1) is 0 Å². The summed E-state index contributed by atoms with van der Waals surface area (Å²) in [6.07, 6.45) is -0.0552. The predicted molar refractivity (Wildman–Crippen MR) is 102 cm³/mol. The Balaban J connectivity index is 2.04. The first-order valence-electron chi connectivity index (χ1n) is 8.77. The van der Waals surface area contributed by atoms with Gasteiger partial charge in [-0.3, -0.25) is 4.79 Å². The van der Waals surface area contributed by atoms with Crippen molar-refractivity contribution in [1.29, 1.82) is 0 Å². The van der Waals surface area contributed by atoms with Crippen LogP contribution in [0.1, 0.15) is 41.8 Å². The summed E-state index contributed by atoms with van der Waals surface area (Å²) in [6, 6.07) is 12.4. The van der Waals surface area contributed by atoms with E-state index in [-0.39, 0.29) is 11.9 Å². The van der Waals surface area contributed by atoms with E-state index in [1.807, 2.05) is 39.0 Å². The van der Waals surface area contributed by atoms with Crippen LogP contribution < -0.4 is 10.1 Å². The van der Waals surface area contributed by atoms with E-state index in [1.54, 1.807) is 31.2 Å². The number of esters is 1. The van der Waals surface area contributed by atoms with E-state index >= 15 is 0 Å². The van der Waals surface area contributed by atoms with Crippen molar-refractivity contribution in [3.63, 3.8) is 0 Å². The van der Waals surface area contributed by atoms with Crippen LogP contribution in [0.3, 0.4) is 0 Å². The van der Waals surface area contributed by atoms with Gasteiger partial charge in [-0.05, 0) is 68.7 Å². The number of hydrogen-bond donors (Lipinski definition) is 1. The zero-order valence-corrected chi connectivity index (χ0v) is 15.7. The third-order valence-corrected chi connectivity index (χ3v) is 4.15. The molecule has 2 aromatic carbocycles. The Hall–Kier alpha value is -2.82. The molecule has 0 unspecified atom stereocenters. The SMILES string of the molecule is CCOC(=O)c1ccc(NC(=O)[C@H](CC)Oc2cccc(C)c2C)cc1. The molecule has 0 aliphatic rings. The van der Waals surface area contributed by atoms with Gasteiger partial charge in [0.05, 0.1) is 12.2 Å². The predicted octanol–water partition coefficient (Wildman–Crippen LogP) is 4.28. The first kappa shape index (κ1) is 19.5. The molecule has 0 saturated heterocycles. The van der Waals surface area contributed by atoms with E-state index in [0.29, 0.717) is 30.0 Å². The zero-order chi connectivity index (χ0) is 19.1. The number of benzene rings is 2. The number of carbonyl (C=O) groups is 2.